The lowest BCUT2D eigenvalue weighted by molar-refractivity contribution is -0.140. The van der Waals surface area contributed by atoms with Gasteiger partial charge in [-0.3, -0.25) is 0 Å². The molecule has 10 heteroatoms. The monoisotopic (exact) mass is 369 g/mol. The van der Waals surface area contributed by atoms with Crippen LogP contribution in [-0.4, -0.2) is 52.6 Å². The van der Waals surface area contributed by atoms with E-state index >= 15 is 0 Å². The lowest BCUT2D eigenvalue weighted by atomic mass is 10.2. The molecule has 0 amide bonds. The second-order valence-corrected chi connectivity index (χ2v) is 7.25. The SMILES string of the molecule is O=S(=O)(NCCCN1CCNCC1)c1ccc(C(F)(F)F)c(F)c1. The first-order valence-electron chi connectivity index (χ1n) is 7.49. The molecule has 136 valence electrons. The normalized spacial score (nSPS) is 17.2. The van der Waals surface area contributed by atoms with Gasteiger partial charge in [-0.15, -0.1) is 0 Å². The molecule has 0 unspecified atom stereocenters. The molecule has 1 aliphatic rings. The summed E-state index contributed by atoms with van der Waals surface area (Å²) in [4.78, 5) is 1.66. The minimum absolute atomic E-state index is 0.134. The Kier molecular flexibility index (Phi) is 6.18. The van der Waals surface area contributed by atoms with Crippen LogP contribution in [-0.2, 0) is 16.2 Å². The zero-order valence-corrected chi connectivity index (χ0v) is 13.7. The number of halogens is 4. The van der Waals surface area contributed by atoms with Gasteiger partial charge in [0.15, 0.2) is 0 Å². The molecule has 0 spiro atoms. The smallest absolute Gasteiger partial charge is 0.314 e. The van der Waals surface area contributed by atoms with E-state index in [1.807, 2.05) is 0 Å². The molecule has 5 nitrogen and oxygen atoms in total. The fourth-order valence-corrected chi connectivity index (χ4v) is 3.51. The number of benzene rings is 1. The highest BCUT2D eigenvalue weighted by Crippen LogP contribution is 2.32. The molecule has 0 atom stereocenters. The van der Waals surface area contributed by atoms with Crippen LogP contribution in [0.5, 0.6) is 0 Å². The van der Waals surface area contributed by atoms with Crippen LogP contribution in [0.25, 0.3) is 0 Å². The summed E-state index contributed by atoms with van der Waals surface area (Å²) in [6.45, 7) is 4.39. The van der Waals surface area contributed by atoms with Crippen molar-refractivity contribution in [2.75, 3.05) is 39.3 Å². The maximum atomic E-state index is 13.5. The molecule has 0 saturated carbocycles. The van der Waals surface area contributed by atoms with Crippen molar-refractivity contribution in [1.82, 2.24) is 14.9 Å². The van der Waals surface area contributed by atoms with Gasteiger partial charge in [-0.25, -0.2) is 17.5 Å². The second kappa shape index (κ2) is 7.77. The summed E-state index contributed by atoms with van der Waals surface area (Å²) in [6.07, 6.45) is -4.30. The molecule has 0 aliphatic carbocycles. The Morgan fingerprint density at radius 1 is 1.21 bits per heavy atom. The summed E-state index contributed by atoms with van der Waals surface area (Å²) >= 11 is 0. The molecule has 1 aromatic carbocycles. The molecule has 2 N–H and O–H groups in total. The maximum absolute atomic E-state index is 13.5. The number of alkyl halides is 3. The summed E-state index contributed by atoms with van der Waals surface area (Å²) in [5.41, 5.74) is -1.49. The van der Waals surface area contributed by atoms with Crippen molar-refractivity contribution in [2.45, 2.75) is 17.5 Å². The van der Waals surface area contributed by atoms with E-state index in [1.54, 1.807) is 0 Å². The zero-order chi connectivity index (χ0) is 17.8. The van der Waals surface area contributed by atoms with E-state index in [2.05, 4.69) is 14.9 Å². The number of nitrogens with one attached hydrogen (secondary N) is 2. The Balaban J connectivity index is 1.91. The van der Waals surface area contributed by atoms with Gasteiger partial charge in [0.25, 0.3) is 0 Å². The number of nitrogens with zero attached hydrogens (tertiary/aromatic N) is 1. The molecule has 0 radical (unpaired) electrons. The van der Waals surface area contributed by atoms with Gasteiger partial charge in [-0.1, -0.05) is 0 Å². The minimum atomic E-state index is -4.86. The Hall–Kier alpha value is -1.23. The van der Waals surface area contributed by atoms with Crippen LogP contribution in [0.2, 0.25) is 0 Å². The number of rotatable bonds is 6. The van der Waals surface area contributed by atoms with Gasteiger partial charge in [0.05, 0.1) is 10.5 Å². The first-order chi connectivity index (χ1) is 11.2. The van der Waals surface area contributed by atoms with E-state index in [9.17, 15) is 26.0 Å². The molecule has 0 bridgehead atoms. The highest BCUT2D eigenvalue weighted by molar-refractivity contribution is 7.89. The van der Waals surface area contributed by atoms with Crippen molar-refractivity contribution in [3.63, 3.8) is 0 Å². The third kappa shape index (κ3) is 5.13. The fraction of sp³-hybridized carbons (Fsp3) is 0.571. The van der Waals surface area contributed by atoms with Crippen LogP contribution in [0.15, 0.2) is 23.1 Å². The molecule has 0 aromatic heterocycles. The van der Waals surface area contributed by atoms with Gasteiger partial charge >= 0.3 is 6.18 Å². The average molecular weight is 369 g/mol. The van der Waals surface area contributed by atoms with Crippen LogP contribution in [0.4, 0.5) is 17.6 Å². The topological polar surface area (TPSA) is 61.4 Å². The van der Waals surface area contributed by atoms with Gasteiger partial charge < -0.3 is 10.2 Å². The largest absolute Gasteiger partial charge is 0.419 e. The zero-order valence-electron chi connectivity index (χ0n) is 12.9. The highest BCUT2D eigenvalue weighted by Gasteiger charge is 2.34. The van der Waals surface area contributed by atoms with E-state index in [0.717, 1.165) is 32.2 Å². The minimum Gasteiger partial charge on any atom is -0.314 e. The molecular formula is C14H19F4N3O2S. The van der Waals surface area contributed by atoms with Gasteiger partial charge in [-0.2, -0.15) is 13.2 Å². The van der Waals surface area contributed by atoms with Crippen LogP contribution in [0.3, 0.4) is 0 Å². The molecular weight excluding hydrogens is 350 g/mol. The van der Waals surface area contributed by atoms with Crippen LogP contribution >= 0.6 is 0 Å². The maximum Gasteiger partial charge on any atom is 0.419 e. The van der Waals surface area contributed by atoms with E-state index in [0.29, 0.717) is 25.1 Å². The van der Waals surface area contributed by atoms with Crippen LogP contribution in [0, 0.1) is 5.82 Å². The summed E-state index contributed by atoms with van der Waals surface area (Å²) < 4.78 is 77.3. The van der Waals surface area contributed by atoms with Crippen molar-refractivity contribution in [3.05, 3.63) is 29.6 Å². The molecule has 2 rings (SSSR count). The molecule has 1 saturated heterocycles. The van der Waals surface area contributed by atoms with Crippen LogP contribution in [0.1, 0.15) is 12.0 Å². The summed E-state index contributed by atoms with van der Waals surface area (Å²) in [7, 11) is -4.04. The predicted octanol–water partition coefficient (Wildman–Crippen LogP) is 1.42. The average Bonchev–Trinajstić information content (AvgIpc) is 2.51. The van der Waals surface area contributed by atoms with E-state index in [4.69, 9.17) is 0 Å². The second-order valence-electron chi connectivity index (χ2n) is 5.48. The highest BCUT2D eigenvalue weighted by atomic mass is 32.2. The van der Waals surface area contributed by atoms with E-state index < -0.39 is 32.5 Å². The van der Waals surface area contributed by atoms with Gasteiger partial charge in [0.1, 0.15) is 5.82 Å². The summed E-state index contributed by atoms with van der Waals surface area (Å²) in [5, 5.41) is 3.20. The number of sulfonamides is 1. The van der Waals surface area contributed by atoms with Crippen molar-refractivity contribution >= 4 is 10.0 Å². The standard InChI is InChI=1S/C14H19F4N3O2S/c15-13-10-11(2-3-12(13)14(16,17)18)24(22,23)20-4-1-7-21-8-5-19-6-9-21/h2-3,10,19-20H,1,4-9H2. The van der Waals surface area contributed by atoms with E-state index in [-0.39, 0.29) is 6.54 Å². The van der Waals surface area contributed by atoms with Gasteiger partial charge in [0.2, 0.25) is 10.0 Å². The first kappa shape index (κ1) is 19.1. The number of hydrogen-bond acceptors (Lipinski definition) is 4. The molecule has 24 heavy (non-hydrogen) atoms. The van der Waals surface area contributed by atoms with Crippen molar-refractivity contribution < 1.29 is 26.0 Å². The Morgan fingerprint density at radius 3 is 2.46 bits per heavy atom. The quantitative estimate of drug-likeness (QED) is 0.588. The molecule has 1 aromatic rings. The molecule has 1 fully saturated rings. The van der Waals surface area contributed by atoms with Crippen LogP contribution < -0.4 is 10.0 Å². The summed E-state index contributed by atoms with van der Waals surface area (Å²) in [6, 6.07) is 1.58. The Bertz CT molecular complexity index is 658. The Morgan fingerprint density at radius 2 is 1.88 bits per heavy atom. The van der Waals surface area contributed by atoms with Crippen molar-refractivity contribution in [1.29, 1.82) is 0 Å². The van der Waals surface area contributed by atoms with Gasteiger partial charge in [0, 0.05) is 32.7 Å². The lowest BCUT2D eigenvalue weighted by Gasteiger charge is -2.27. The van der Waals surface area contributed by atoms with Crippen molar-refractivity contribution in [3.8, 4) is 0 Å². The van der Waals surface area contributed by atoms with Crippen molar-refractivity contribution in [2.24, 2.45) is 0 Å². The first-order valence-corrected chi connectivity index (χ1v) is 8.98. The lowest BCUT2D eigenvalue weighted by Crippen LogP contribution is -2.44. The number of piperazine rings is 1. The molecule has 1 heterocycles. The fourth-order valence-electron chi connectivity index (χ4n) is 2.42. The van der Waals surface area contributed by atoms with E-state index in [1.165, 1.54) is 0 Å². The predicted molar refractivity (Wildman–Crippen MR) is 80.5 cm³/mol. The summed E-state index contributed by atoms with van der Waals surface area (Å²) in [5.74, 6) is -1.61. The number of hydrogen-bond donors (Lipinski definition) is 2. The third-order valence-corrected chi connectivity index (χ3v) is 5.17. The molecule has 1 aliphatic heterocycles. The third-order valence-electron chi connectivity index (χ3n) is 3.71. The Labute approximate surface area is 138 Å². The van der Waals surface area contributed by atoms with Gasteiger partial charge in [-0.05, 0) is 31.2 Å².